The third-order valence-corrected chi connectivity index (χ3v) is 3.53. The van der Waals surface area contributed by atoms with E-state index >= 15 is 0 Å². The average molecular weight is 328 g/mol. The van der Waals surface area contributed by atoms with Gasteiger partial charge in [-0.05, 0) is 12.0 Å². The quantitative estimate of drug-likeness (QED) is 0.800. The van der Waals surface area contributed by atoms with Gasteiger partial charge in [-0.25, -0.2) is 0 Å². The molecular weight excluding hydrogens is 302 g/mol. The van der Waals surface area contributed by atoms with Crippen molar-refractivity contribution >= 4 is 24.2 Å². The molecule has 0 spiro atoms. The Morgan fingerprint density at radius 1 is 1.27 bits per heavy atom. The highest BCUT2D eigenvalue weighted by Gasteiger charge is 2.27. The fraction of sp³-hybridized carbons (Fsp3) is 0.500. The fourth-order valence-corrected chi connectivity index (χ4v) is 2.20. The van der Waals surface area contributed by atoms with Gasteiger partial charge in [-0.1, -0.05) is 44.2 Å². The number of nitrogens with zero attached hydrogens (tertiary/aromatic N) is 1. The van der Waals surface area contributed by atoms with Gasteiger partial charge in [-0.2, -0.15) is 0 Å². The molecule has 0 saturated heterocycles. The maximum Gasteiger partial charge on any atom is 0.239 e. The number of nitrogens with two attached hydrogens (primary N) is 1. The summed E-state index contributed by atoms with van der Waals surface area (Å²) in [7, 11) is 1.57. The molecule has 1 aromatic rings. The molecule has 22 heavy (non-hydrogen) atoms. The van der Waals surface area contributed by atoms with Crippen molar-refractivity contribution in [3.63, 3.8) is 0 Å². The molecule has 0 radical (unpaired) electrons. The maximum atomic E-state index is 12.6. The van der Waals surface area contributed by atoms with Crippen LogP contribution in [0.1, 0.15) is 31.9 Å². The van der Waals surface area contributed by atoms with Crippen LogP contribution in [0.25, 0.3) is 0 Å². The van der Waals surface area contributed by atoms with Gasteiger partial charge < -0.3 is 16.0 Å². The van der Waals surface area contributed by atoms with Gasteiger partial charge in [0.05, 0.1) is 12.5 Å². The third kappa shape index (κ3) is 5.66. The lowest BCUT2D eigenvalue weighted by molar-refractivity contribution is -0.139. The van der Waals surface area contributed by atoms with Crippen molar-refractivity contribution in [1.82, 2.24) is 10.2 Å². The summed E-state index contributed by atoms with van der Waals surface area (Å²) in [6.07, 6.45) is 0.802. The number of rotatable bonds is 7. The Kier molecular flexibility index (Phi) is 9.45. The van der Waals surface area contributed by atoms with E-state index in [-0.39, 0.29) is 42.7 Å². The molecule has 3 N–H and O–H groups in total. The third-order valence-electron chi connectivity index (χ3n) is 3.53. The molecular formula is C16H26ClN3O2. The van der Waals surface area contributed by atoms with Crippen LogP contribution in [0.4, 0.5) is 0 Å². The minimum atomic E-state index is -0.372. The molecule has 2 unspecified atom stereocenters. The lowest BCUT2D eigenvalue weighted by Gasteiger charge is -2.27. The topological polar surface area (TPSA) is 75.4 Å². The molecule has 0 fully saturated rings. The van der Waals surface area contributed by atoms with Crippen LogP contribution < -0.4 is 11.1 Å². The van der Waals surface area contributed by atoms with E-state index in [0.717, 1.165) is 12.0 Å². The van der Waals surface area contributed by atoms with Gasteiger partial charge >= 0.3 is 0 Å². The number of carbonyl (C=O) groups excluding carboxylic acids is 2. The van der Waals surface area contributed by atoms with E-state index in [4.69, 9.17) is 5.73 Å². The summed E-state index contributed by atoms with van der Waals surface area (Å²) in [5.41, 5.74) is 7.11. The lowest BCUT2D eigenvalue weighted by Crippen LogP contribution is -2.44. The van der Waals surface area contributed by atoms with E-state index in [1.165, 1.54) is 0 Å². The summed E-state index contributed by atoms with van der Waals surface area (Å²) in [6.45, 7) is 4.42. The van der Waals surface area contributed by atoms with E-state index in [9.17, 15) is 9.59 Å². The first-order valence-electron chi connectivity index (χ1n) is 7.31. The summed E-state index contributed by atoms with van der Waals surface area (Å²) in [5.74, 6) is -0.627. The molecule has 0 heterocycles. The zero-order chi connectivity index (χ0) is 15.8. The highest BCUT2D eigenvalue weighted by atomic mass is 35.5. The molecule has 0 aromatic heterocycles. The SMILES string of the molecule is CCCN(CC(=O)NC)C(=O)C(C)C(N)c1ccccc1.Cl. The summed E-state index contributed by atoms with van der Waals surface area (Å²) in [6, 6.07) is 9.18. The number of hydrogen-bond donors (Lipinski definition) is 2. The molecule has 1 rings (SSSR count). The van der Waals surface area contributed by atoms with Gasteiger partial charge in [-0.3, -0.25) is 9.59 Å². The number of halogens is 1. The molecule has 5 nitrogen and oxygen atoms in total. The van der Waals surface area contributed by atoms with E-state index in [1.54, 1.807) is 11.9 Å². The molecule has 0 aliphatic rings. The van der Waals surface area contributed by atoms with Gasteiger partial charge in [0.2, 0.25) is 11.8 Å². The molecule has 1 aromatic carbocycles. The van der Waals surface area contributed by atoms with Gasteiger partial charge in [-0.15, -0.1) is 12.4 Å². The van der Waals surface area contributed by atoms with E-state index in [2.05, 4.69) is 5.32 Å². The van der Waals surface area contributed by atoms with Crippen molar-refractivity contribution in [2.24, 2.45) is 11.7 Å². The summed E-state index contributed by atoms with van der Waals surface area (Å²) >= 11 is 0. The molecule has 6 heteroatoms. The van der Waals surface area contributed by atoms with Crippen molar-refractivity contribution in [2.45, 2.75) is 26.3 Å². The summed E-state index contributed by atoms with van der Waals surface area (Å²) < 4.78 is 0. The second-order valence-corrected chi connectivity index (χ2v) is 5.16. The molecule has 124 valence electrons. The molecule has 2 atom stereocenters. The summed E-state index contributed by atoms with van der Waals surface area (Å²) in [4.78, 5) is 25.7. The van der Waals surface area contributed by atoms with E-state index < -0.39 is 0 Å². The Morgan fingerprint density at radius 2 is 1.86 bits per heavy atom. The monoisotopic (exact) mass is 327 g/mol. The standard InChI is InChI=1S/C16H25N3O2.ClH/c1-4-10-19(11-14(20)18-3)16(21)12(2)15(17)13-8-6-5-7-9-13;/h5-9,12,15H,4,10-11,17H2,1-3H3,(H,18,20);1H. The predicted molar refractivity (Wildman–Crippen MR) is 90.7 cm³/mol. The van der Waals surface area contributed by atoms with Gasteiger partial charge in [0, 0.05) is 19.6 Å². The maximum absolute atomic E-state index is 12.6. The van der Waals surface area contributed by atoms with Crippen LogP contribution in [0.2, 0.25) is 0 Å². The van der Waals surface area contributed by atoms with E-state index in [0.29, 0.717) is 6.54 Å². The zero-order valence-corrected chi connectivity index (χ0v) is 14.2. The Morgan fingerprint density at radius 3 is 2.36 bits per heavy atom. The van der Waals surface area contributed by atoms with Crippen LogP contribution in [0.3, 0.4) is 0 Å². The normalized spacial score (nSPS) is 12.7. The van der Waals surface area contributed by atoms with Gasteiger partial charge in [0.15, 0.2) is 0 Å². The number of benzene rings is 1. The Balaban J connectivity index is 0.00000441. The first kappa shape index (κ1) is 20.4. The van der Waals surface area contributed by atoms with Crippen molar-refractivity contribution < 1.29 is 9.59 Å². The van der Waals surface area contributed by atoms with Crippen LogP contribution in [0.15, 0.2) is 30.3 Å². The van der Waals surface area contributed by atoms with Crippen molar-refractivity contribution in [3.05, 3.63) is 35.9 Å². The number of hydrogen-bond acceptors (Lipinski definition) is 3. The zero-order valence-electron chi connectivity index (χ0n) is 13.4. The Bertz CT molecular complexity index is 468. The van der Waals surface area contributed by atoms with Gasteiger partial charge in [0.1, 0.15) is 0 Å². The predicted octanol–water partition coefficient (Wildman–Crippen LogP) is 1.73. The molecule has 0 aliphatic carbocycles. The minimum Gasteiger partial charge on any atom is -0.358 e. The van der Waals surface area contributed by atoms with Crippen LogP contribution in [0, 0.1) is 5.92 Å². The summed E-state index contributed by atoms with van der Waals surface area (Å²) in [5, 5.41) is 2.54. The molecule has 0 saturated carbocycles. The number of nitrogens with one attached hydrogen (secondary N) is 1. The Labute approximate surface area is 138 Å². The first-order valence-corrected chi connectivity index (χ1v) is 7.31. The van der Waals surface area contributed by atoms with Crippen LogP contribution in [0.5, 0.6) is 0 Å². The van der Waals surface area contributed by atoms with Crippen LogP contribution >= 0.6 is 12.4 Å². The van der Waals surface area contributed by atoms with Crippen molar-refractivity contribution in [2.75, 3.05) is 20.1 Å². The Hall–Kier alpha value is -1.59. The second kappa shape index (κ2) is 10.2. The van der Waals surface area contributed by atoms with Gasteiger partial charge in [0.25, 0.3) is 0 Å². The fourth-order valence-electron chi connectivity index (χ4n) is 2.20. The number of likely N-dealkylation sites (N-methyl/N-ethyl adjacent to an activating group) is 1. The molecule has 2 amide bonds. The lowest BCUT2D eigenvalue weighted by atomic mass is 9.94. The average Bonchev–Trinajstić information content (AvgIpc) is 2.52. The van der Waals surface area contributed by atoms with Crippen LogP contribution in [-0.4, -0.2) is 36.9 Å². The first-order chi connectivity index (χ1) is 10.0. The number of amides is 2. The minimum absolute atomic E-state index is 0. The molecule has 0 aliphatic heterocycles. The van der Waals surface area contributed by atoms with Crippen LogP contribution in [-0.2, 0) is 9.59 Å². The second-order valence-electron chi connectivity index (χ2n) is 5.16. The highest BCUT2D eigenvalue weighted by Crippen LogP contribution is 2.21. The largest absolute Gasteiger partial charge is 0.358 e. The van der Waals surface area contributed by atoms with E-state index in [1.807, 2.05) is 44.2 Å². The highest BCUT2D eigenvalue weighted by molar-refractivity contribution is 5.86. The van der Waals surface area contributed by atoms with Crippen molar-refractivity contribution in [3.8, 4) is 0 Å². The number of carbonyl (C=O) groups is 2. The smallest absolute Gasteiger partial charge is 0.239 e. The van der Waals surface area contributed by atoms with Crippen molar-refractivity contribution in [1.29, 1.82) is 0 Å². The molecule has 0 bridgehead atoms.